The Kier molecular flexibility index (Phi) is 3.04. The second-order valence-corrected chi connectivity index (χ2v) is 7.61. The Morgan fingerprint density at radius 3 is 2.37 bits per heavy atom. The fourth-order valence-electron chi connectivity index (χ4n) is 4.20. The Hall–Kier alpha value is -0.770. The van der Waals surface area contributed by atoms with Gasteiger partial charge in [0, 0.05) is 18.6 Å². The van der Waals surface area contributed by atoms with Crippen LogP contribution in [0.5, 0.6) is 0 Å². The van der Waals surface area contributed by atoms with Crippen LogP contribution < -0.4 is 5.32 Å². The monoisotopic (exact) mass is 266 g/mol. The fraction of sp³-hybridized carbons (Fsp3) is 0.933. The number of rotatable bonds is 0. The molecule has 4 nitrogen and oxygen atoms in total. The molecule has 1 spiro atoms. The van der Waals surface area contributed by atoms with Crippen LogP contribution in [0.15, 0.2) is 0 Å². The van der Waals surface area contributed by atoms with Crippen molar-refractivity contribution in [3.05, 3.63) is 0 Å². The summed E-state index contributed by atoms with van der Waals surface area (Å²) < 4.78 is 5.58. The molecule has 1 N–H and O–H groups in total. The number of fused-ring (bicyclic) bond motifs is 2. The molecule has 2 unspecified atom stereocenters. The molecule has 3 rings (SSSR count). The van der Waals surface area contributed by atoms with Crippen molar-refractivity contribution < 1.29 is 9.53 Å². The van der Waals surface area contributed by atoms with Crippen LogP contribution in [0.3, 0.4) is 0 Å². The number of piperidine rings is 1. The summed E-state index contributed by atoms with van der Waals surface area (Å²) in [6, 6.07) is 0.821. The molecule has 0 aliphatic carbocycles. The molecular weight excluding hydrogens is 240 g/mol. The number of hydrogen-bond acceptors (Lipinski definition) is 3. The summed E-state index contributed by atoms with van der Waals surface area (Å²) in [7, 11) is 0. The predicted octanol–water partition coefficient (Wildman–Crippen LogP) is 2.53. The number of nitrogens with zero attached hydrogens (tertiary/aromatic N) is 1. The molecule has 3 aliphatic heterocycles. The van der Waals surface area contributed by atoms with Crippen molar-refractivity contribution in [2.24, 2.45) is 5.41 Å². The van der Waals surface area contributed by atoms with Crippen LogP contribution in [0.25, 0.3) is 0 Å². The minimum Gasteiger partial charge on any atom is -0.444 e. The van der Waals surface area contributed by atoms with Gasteiger partial charge in [0.25, 0.3) is 0 Å². The number of ether oxygens (including phenoxy) is 1. The lowest BCUT2D eigenvalue weighted by Gasteiger charge is -2.44. The van der Waals surface area contributed by atoms with E-state index in [1.165, 1.54) is 6.42 Å². The third-order valence-corrected chi connectivity index (χ3v) is 4.89. The van der Waals surface area contributed by atoms with Crippen LogP contribution in [-0.2, 0) is 4.74 Å². The van der Waals surface area contributed by atoms with Gasteiger partial charge in [-0.3, -0.25) is 0 Å². The van der Waals surface area contributed by atoms with Crippen molar-refractivity contribution in [1.82, 2.24) is 10.2 Å². The molecule has 0 aromatic heterocycles. The first-order chi connectivity index (χ1) is 8.89. The zero-order valence-electron chi connectivity index (χ0n) is 12.4. The van der Waals surface area contributed by atoms with Gasteiger partial charge >= 0.3 is 6.09 Å². The number of nitrogens with one attached hydrogen (secondary N) is 1. The van der Waals surface area contributed by atoms with Crippen molar-refractivity contribution in [3.8, 4) is 0 Å². The van der Waals surface area contributed by atoms with E-state index in [9.17, 15) is 4.79 Å². The quantitative estimate of drug-likeness (QED) is 0.732. The van der Waals surface area contributed by atoms with Gasteiger partial charge in [-0.2, -0.15) is 0 Å². The first-order valence-electron chi connectivity index (χ1n) is 7.61. The van der Waals surface area contributed by atoms with Gasteiger partial charge in [-0.1, -0.05) is 0 Å². The molecular formula is C15H26N2O2. The molecule has 0 aromatic carbocycles. The number of hydrogen-bond donors (Lipinski definition) is 1. The van der Waals surface area contributed by atoms with Gasteiger partial charge in [-0.25, -0.2) is 4.79 Å². The molecule has 0 aromatic rings. The highest BCUT2D eigenvalue weighted by Crippen LogP contribution is 2.48. The minimum absolute atomic E-state index is 0.0965. The number of amides is 1. The zero-order chi connectivity index (χ0) is 13.7. The molecule has 4 heteroatoms. The Morgan fingerprint density at radius 1 is 1.26 bits per heavy atom. The van der Waals surface area contributed by atoms with E-state index in [0.717, 1.165) is 38.8 Å². The van der Waals surface area contributed by atoms with Gasteiger partial charge in [-0.05, 0) is 64.8 Å². The lowest BCUT2D eigenvalue weighted by atomic mass is 9.74. The van der Waals surface area contributed by atoms with Gasteiger partial charge in [0.15, 0.2) is 0 Å². The SMILES string of the molecule is CC(C)(C)OC(=O)N1C2CCC1CC1(CCNC1)C2. The normalized spacial score (nSPS) is 37.9. The van der Waals surface area contributed by atoms with E-state index in [-0.39, 0.29) is 11.7 Å². The molecule has 3 heterocycles. The summed E-state index contributed by atoms with van der Waals surface area (Å²) in [5, 5.41) is 3.50. The van der Waals surface area contributed by atoms with E-state index in [1.807, 2.05) is 20.8 Å². The first kappa shape index (κ1) is 13.2. The van der Waals surface area contributed by atoms with Crippen molar-refractivity contribution in [2.45, 2.75) is 70.6 Å². The molecule has 108 valence electrons. The molecule has 0 saturated carbocycles. The minimum atomic E-state index is -0.388. The highest BCUT2D eigenvalue weighted by Gasteiger charge is 2.51. The summed E-state index contributed by atoms with van der Waals surface area (Å²) in [6.45, 7) is 8.12. The molecule has 2 atom stereocenters. The molecule has 1 amide bonds. The van der Waals surface area contributed by atoms with E-state index in [0.29, 0.717) is 17.5 Å². The highest BCUT2D eigenvalue weighted by molar-refractivity contribution is 5.69. The van der Waals surface area contributed by atoms with Crippen LogP contribution in [0.2, 0.25) is 0 Å². The van der Waals surface area contributed by atoms with Crippen LogP contribution in [0, 0.1) is 5.41 Å². The summed E-state index contributed by atoms with van der Waals surface area (Å²) in [5.41, 5.74) is 0.0743. The van der Waals surface area contributed by atoms with Crippen molar-refractivity contribution >= 4 is 6.09 Å². The van der Waals surface area contributed by atoms with Crippen LogP contribution in [0.1, 0.15) is 52.9 Å². The Labute approximate surface area is 115 Å². The summed E-state index contributed by atoms with van der Waals surface area (Å²) >= 11 is 0. The smallest absolute Gasteiger partial charge is 0.410 e. The maximum atomic E-state index is 12.4. The Bertz CT molecular complexity index is 353. The zero-order valence-corrected chi connectivity index (χ0v) is 12.4. The summed E-state index contributed by atoms with van der Waals surface area (Å²) in [4.78, 5) is 14.4. The first-order valence-corrected chi connectivity index (χ1v) is 7.61. The van der Waals surface area contributed by atoms with Crippen LogP contribution in [-0.4, -0.2) is 41.8 Å². The maximum Gasteiger partial charge on any atom is 0.410 e. The second kappa shape index (κ2) is 4.37. The van der Waals surface area contributed by atoms with Gasteiger partial charge in [0.2, 0.25) is 0 Å². The molecule has 2 bridgehead atoms. The van der Waals surface area contributed by atoms with Crippen molar-refractivity contribution in [3.63, 3.8) is 0 Å². The molecule has 19 heavy (non-hydrogen) atoms. The summed E-state index contributed by atoms with van der Waals surface area (Å²) in [5.74, 6) is 0. The van der Waals surface area contributed by atoms with Crippen LogP contribution in [0.4, 0.5) is 4.79 Å². The molecule has 3 aliphatic rings. The van der Waals surface area contributed by atoms with Crippen molar-refractivity contribution in [2.75, 3.05) is 13.1 Å². The predicted molar refractivity (Wildman–Crippen MR) is 74.0 cm³/mol. The standard InChI is InChI=1S/C15H26N2O2/c1-14(2,3)19-13(18)17-11-4-5-12(17)9-15(8-11)6-7-16-10-15/h11-12,16H,4-10H2,1-3H3. The van der Waals surface area contributed by atoms with Gasteiger partial charge in [-0.15, -0.1) is 0 Å². The van der Waals surface area contributed by atoms with Crippen LogP contribution >= 0.6 is 0 Å². The van der Waals surface area contributed by atoms with Gasteiger partial charge in [0.1, 0.15) is 5.60 Å². The molecule has 3 fully saturated rings. The van der Waals surface area contributed by atoms with E-state index in [2.05, 4.69) is 10.2 Å². The fourth-order valence-corrected chi connectivity index (χ4v) is 4.20. The lowest BCUT2D eigenvalue weighted by Crippen LogP contribution is -2.52. The molecule has 3 saturated heterocycles. The Balaban J connectivity index is 1.71. The van der Waals surface area contributed by atoms with E-state index in [1.54, 1.807) is 0 Å². The van der Waals surface area contributed by atoms with Crippen molar-refractivity contribution in [1.29, 1.82) is 0 Å². The maximum absolute atomic E-state index is 12.4. The summed E-state index contributed by atoms with van der Waals surface area (Å²) in [6.07, 6.45) is 5.83. The van der Waals surface area contributed by atoms with E-state index >= 15 is 0 Å². The number of carbonyl (C=O) groups excluding carboxylic acids is 1. The van der Waals surface area contributed by atoms with Gasteiger partial charge < -0.3 is 15.0 Å². The van der Waals surface area contributed by atoms with Gasteiger partial charge in [0.05, 0.1) is 0 Å². The average Bonchev–Trinajstić information content (AvgIpc) is 2.81. The third kappa shape index (κ3) is 2.47. The lowest BCUT2D eigenvalue weighted by molar-refractivity contribution is -0.00893. The number of carbonyl (C=O) groups is 1. The third-order valence-electron chi connectivity index (χ3n) is 4.89. The Morgan fingerprint density at radius 2 is 1.89 bits per heavy atom. The second-order valence-electron chi connectivity index (χ2n) is 7.61. The topological polar surface area (TPSA) is 41.6 Å². The average molecular weight is 266 g/mol. The highest BCUT2D eigenvalue weighted by atomic mass is 16.6. The van der Waals surface area contributed by atoms with E-state index in [4.69, 9.17) is 4.74 Å². The molecule has 0 radical (unpaired) electrons. The largest absolute Gasteiger partial charge is 0.444 e. The van der Waals surface area contributed by atoms with E-state index < -0.39 is 0 Å².